The highest BCUT2D eigenvalue weighted by molar-refractivity contribution is 5.83. The molecule has 7 nitrogen and oxygen atoms in total. The van der Waals surface area contributed by atoms with E-state index >= 15 is 0 Å². The molecular weight excluding hydrogens is 344 g/mol. The minimum Gasteiger partial charge on any atom is -0.361 e. The largest absolute Gasteiger partial charge is 0.361 e. The number of carbonyl (C=O) groups excluding carboxylic acids is 1. The topological polar surface area (TPSA) is 81.2 Å². The summed E-state index contributed by atoms with van der Waals surface area (Å²) in [4.78, 5) is 27.6. The molecule has 0 N–H and O–H groups in total. The summed E-state index contributed by atoms with van der Waals surface area (Å²) in [5.74, 6) is 0.607. The third-order valence-corrected chi connectivity index (χ3v) is 5.15. The lowest BCUT2D eigenvalue weighted by Crippen LogP contribution is -2.42. The molecule has 2 aromatic heterocycles. The summed E-state index contributed by atoms with van der Waals surface area (Å²) in [6, 6.07) is 9.11. The second-order valence-electron chi connectivity index (χ2n) is 7.05. The van der Waals surface area contributed by atoms with Crippen molar-refractivity contribution in [2.45, 2.75) is 45.7 Å². The van der Waals surface area contributed by atoms with Crippen LogP contribution in [-0.2, 0) is 11.3 Å². The SMILES string of the molecule is Cc1cc([C@H]2CCCCN2C(=O)Cn2nc(C)c3ccccc3c2=O)no1. The number of hydrogen-bond donors (Lipinski definition) is 0. The molecule has 3 aromatic rings. The number of nitrogens with zero attached hydrogens (tertiary/aromatic N) is 4. The smallest absolute Gasteiger partial charge is 0.275 e. The van der Waals surface area contributed by atoms with E-state index in [-0.39, 0.29) is 24.1 Å². The molecule has 1 atom stereocenters. The predicted octanol–water partition coefficient (Wildman–Crippen LogP) is 2.76. The van der Waals surface area contributed by atoms with Crippen LogP contribution in [0.2, 0.25) is 0 Å². The van der Waals surface area contributed by atoms with E-state index in [1.165, 1.54) is 4.68 Å². The number of hydrogen-bond acceptors (Lipinski definition) is 5. The van der Waals surface area contributed by atoms with Crippen molar-refractivity contribution in [1.29, 1.82) is 0 Å². The van der Waals surface area contributed by atoms with Crippen LogP contribution < -0.4 is 5.56 Å². The first-order chi connectivity index (χ1) is 13.0. The van der Waals surface area contributed by atoms with Crippen molar-refractivity contribution in [1.82, 2.24) is 19.8 Å². The Morgan fingerprint density at radius 1 is 1.22 bits per heavy atom. The lowest BCUT2D eigenvalue weighted by Gasteiger charge is -2.34. The van der Waals surface area contributed by atoms with Crippen molar-refractivity contribution >= 4 is 16.7 Å². The molecule has 1 saturated heterocycles. The van der Waals surface area contributed by atoms with Crippen molar-refractivity contribution in [2.24, 2.45) is 0 Å². The van der Waals surface area contributed by atoms with Gasteiger partial charge in [-0.15, -0.1) is 0 Å². The Bertz CT molecular complexity index is 1050. The fourth-order valence-electron chi connectivity index (χ4n) is 3.81. The van der Waals surface area contributed by atoms with Crippen LogP contribution >= 0.6 is 0 Å². The van der Waals surface area contributed by atoms with Gasteiger partial charge in [0.15, 0.2) is 0 Å². The number of likely N-dealkylation sites (tertiary alicyclic amines) is 1. The van der Waals surface area contributed by atoms with E-state index in [0.717, 1.165) is 41.8 Å². The van der Waals surface area contributed by atoms with E-state index in [0.29, 0.717) is 11.9 Å². The zero-order valence-corrected chi connectivity index (χ0v) is 15.5. The number of piperidine rings is 1. The summed E-state index contributed by atoms with van der Waals surface area (Å²) < 4.78 is 6.47. The molecule has 7 heteroatoms. The fraction of sp³-hybridized carbons (Fsp3) is 0.400. The molecule has 0 aliphatic carbocycles. The van der Waals surface area contributed by atoms with E-state index in [1.807, 2.05) is 38.1 Å². The van der Waals surface area contributed by atoms with E-state index < -0.39 is 0 Å². The van der Waals surface area contributed by atoms with Crippen LogP contribution in [0.15, 0.2) is 39.6 Å². The molecule has 1 aliphatic rings. The van der Waals surface area contributed by atoms with Crippen molar-refractivity contribution in [3.63, 3.8) is 0 Å². The van der Waals surface area contributed by atoms with Gasteiger partial charge < -0.3 is 9.42 Å². The maximum absolute atomic E-state index is 13.0. The first kappa shape index (κ1) is 17.5. The van der Waals surface area contributed by atoms with Gasteiger partial charge in [-0.3, -0.25) is 9.59 Å². The van der Waals surface area contributed by atoms with Crippen LogP contribution in [0.3, 0.4) is 0 Å². The number of carbonyl (C=O) groups is 1. The van der Waals surface area contributed by atoms with E-state index in [1.54, 1.807) is 11.0 Å². The van der Waals surface area contributed by atoms with E-state index in [9.17, 15) is 9.59 Å². The molecule has 0 spiro atoms. The highest BCUT2D eigenvalue weighted by Crippen LogP contribution is 2.30. The van der Waals surface area contributed by atoms with Crippen LogP contribution in [-0.4, -0.2) is 32.3 Å². The molecule has 140 valence electrons. The zero-order valence-electron chi connectivity index (χ0n) is 15.5. The van der Waals surface area contributed by atoms with Crippen molar-refractivity contribution < 1.29 is 9.32 Å². The monoisotopic (exact) mass is 366 g/mol. The van der Waals surface area contributed by atoms with Gasteiger partial charge in [-0.1, -0.05) is 23.4 Å². The second-order valence-corrected chi connectivity index (χ2v) is 7.05. The summed E-state index contributed by atoms with van der Waals surface area (Å²) in [7, 11) is 0. The number of benzene rings is 1. The van der Waals surface area contributed by atoms with Crippen LogP contribution in [0.4, 0.5) is 0 Å². The Hall–Kier alpha value is -2.96. The summed E-state index contributed by atoms with van der Waals surface area (Å²) in [5.41, 5.74) is 1.27. The molecule has 4 rings (SSSR count). The van der Waals surface area contributed by atoms with Gasteiger partial charge in [0.05, 0.1) is 17.1 Å². The van der Waals surface area contributed by atoms with Crippen LogP contribution in [0, 0.1) is 13.8 Å². The third kappa shape index (κ3) is 3.25. The molecule has 0 saturated carbocycles. The number of aromatic nitrogens is 3. The van der Waals surface area contributed by atoms with Gasteiger partial charge in [-0.25, -0.2) is 4.68 Å². The summed E-state index contributed by atoms with van der Waals surface area (Å²) in [5, 5.41) is 9.86. The van der Waals surface area contributed by atoms with Crippen LogP contribution in [0.5, 0.6) is 0 Å². The Balaban J connectivity index is 1.64. The quantitative estimate of drug-likeness (QED) is 0.712. The van der Waals surface area contributed by atoms with Gasteiger partial charge in [0.1, 0.15) is 18.0 Å². The molecule has 0 radical (unpaired) electrons. The van der Waals surface area contributed by atoms with E-state index in [4.69, 9.17) is 4.52 Å². The lowest BCUT2D eigenvalue weighted by atomic mass is 9.99. The van der Waals surface area contributed by atoms with Crippen molar-refractivity contribution in [2.75, 3.05) is 6.54 Å². The lowest BCUT2D eigenvalue weighted by molar-refractivity contribution is -0.136. The molecular formula is C20H22N4O3. The number of aryl methyl sites for hydroxylation is 2. The fourth-order valence-corrected chi connectivity index (χ4v) is 3.81. The maximum Gasteiger partial charge on any atom is 0.275 e. The van der Waals surface area contributed by atoms with Gasteiger partial charge in [-0.2, -0.15) is 5.10 Å². The van der Waals surface area contributed by atoms with Gasteiger partial charge in [0.25, 0.3) is 5.56 Å². The molecule has 0 unspecified atom stereocenters. The highest BCUT2D eigenvalue weighted by Gasteiger charge is 2.30. The molecule has 27 heavy (non-hydrogen) atoms. The summed E-state index contributed by atoms with van der Waals surface area (Å²) in [6.07, 6.45) is 2.82. The minimum atomic E-state index is -0.240. The van der Waals surface area contributed by atoms with Gasteiger partial charge in [0.2, 0.25) is 5.91 Å². The van der Waals surface area contributed by atoms with Gasteiger partial charge in [0, 0.05) is 18.0 Å². The molecule has 0 bridgehead atoms. The molecule has 1 amide bonds. The Kier molecular flexibility index (Phi) is 4.51. The molecule has 1 aromatic carbocycles. The standard InChI is InChI=1S/C20H22N4O3/c1-13-11-17(22-27-13)18-9-5-6-10-23(18)19(25)12-24-20(26)16-8-4-3-7-15(16)14(2)21-24/h3-4,7-8,11,18H,5-6,9-10,12H2,1-2H3/t18-/m1/s1. The Morgan fingerprint density at radius 3 is 2.74 bits per heavy atom. The Morgan fingerprint density at radius 2 is 2.00 bits per heavy atom. The number of amides is 1. The second kappa shape index (κ2) is 6.98. The third-order valence-electron chi connectivity index (χ3n) is 5.15. The Labute approximate surface area is 156 Å². The average Bonchev–Trinajstić information content (AvgIpc) is 3.12. The first-order valence-corrected chi connectivity index (χ1v) is 9.24. The zero-order chi connectivity index (χ0) is 19.0. The number of rotatable bonds is 3. The highest BCUT2D eigenvalue weighted by atomic mass is 16.5. The van der Waals surface area contributed by atoms with Gasteiger partial charge in [-0.05, 0) is 39.2 Å². The average molecular weight is 366 g/mol. The normalized spacial score (nSPS) is 17.4. The maximum atomic E-state index is 13.0. The van der Waals surface area contributed by atoms with Crippen LogP contribution in [0.1, 0.15) is 42.5 Å². The van der Waals surface area contributed by atoms with Crippen molar-refractivity contribution in [3.8, 4) is 0 Å². The summed E-state index contributed by atoms with van der Waals surface area (Å²) in [6.45, 7) is 4.27. The first-order valence-electron chi connectivity index (χ1n) is 9.24. The predicted molar refractivity (Wildman–Crippen MR) is 100 cm³/mol. The molecule has 1 aliphatic heterocycles. The van der Waals surface area contributed by atoms with Crippen molar-refractivity contribution in [3.05, 3.63) is 57.8 Å². The minimum absolute atomic E-state index is 0.0716. The van der Waals surface area contributed by atoms with Gasteiger partial charge >= 0.3 is 0 Å². The molecule has 3 heterocycles. The number of fused-ring (bicyclic) bond motifs is 1. The molecule has 1 fully saturated rings. The van der Waals surface area contributed by atoms with Crippen LogP contribution in [0.25, 0.3) is 10.8 Å². The summed E-state index contributed by atoms with van der Waals surface area (Å²) >= 11 is 0. The van der Waals surface area contributed by atoms with E-state index in [2.05, 4.69) is 10.3 Å².